The van der Waals surface area contributed by atoms with E-state index in [9.17, 15) is 0 Å². The van der Waals surface area contributed by atoms with Gasteiger partial charge < -0.3 is 0 Å². The molecule has 0 aliphatic heterocycles. The summed E-state index contributed by atoms with van der Waals surface area (Å²) >= 11 is 0. The van der Waals surface area contributed by atoms with Gasteiger partial charge in [-0.15, -0.1) is 0 Å². The number of hydrogen-bond acceptors (Lipinski definition) is 2. The van der Waals surface area contributed by atoms with E-state index in [0.29, 0.717) is 6.04 Å². The molecule has 0 saturated heterocycles. The molecule has 0 bridgehead atoms. The summed E-state index contributed by atoms with van der Waals surface area (Å²) in [5.74, 6) is 5.40. The second kappa shape index (κ2) is 2.64. The van der Waals surface area contributed by atoms with E-state index < -0.39 is 0 Å². The van der Waals surface area contributed by atoms with Crippen molar-refractivity contribution in [3.05, 3.63) is 35.4 Å². The van der Waals surface area contributed by atoms with Crippen LogP contribution in [0.5, 0.6) is 0 Å². The summed E-state index contributed by atoms with van der Waals surface area (Å²) in [6.07, 6.45) is 2.29. The third kappa shape index (κ3) is 1.04. The lowest BCUT2D eigenvalue weighted by atomic mass is 10.1. The SMILES string of the molecule is NN[C@H]1CCc2ccccc21. The molecule has 1 aromatic carbocycles. The molecule has 2 nitrogen and oxygen atoms in total. The maximum atomic E-state index is 5.40. The van der Waals surface area contributed by atoms with Gasteiger partial charge in [0.1, 0.15) is 0 Å². The number of aryl methyl sites for hydroxylation is 1. The van der Waals surface area contributed by atoms with E-state index in [-0.39, 0.29) is 0 Å². The molecule has 0 aromatic heterocycles. The van der Waals surface area contributed by atoms with Crippen LogP contribution in [0.2, 0.25) is 0 Å². The first-order valence-corrected chi connectivity index (χ1v) is 3.96. The van der Waals surface area contributed by atoms with Gasteiger partial charge in [-0.2, -0.15) is 0 Å². The monoisotopic (exact) mass is 148 g/mol. The topological polar surface area (TPSA) is 38.0 Å². The molecule has 1 aliphatic carbocycles. The molecular weight excluding hydrogens is 136 g/mol. The van der Waals surface area contributed by atoms with Crippen molar-refractivity contribution in [2.75, 3.05) is 0 Å². The highest BCUT2D eigenvalue weighted by atomic mass is 15.2. The van der Waals surface area contributed by atoms with Gasteiger partial charge in [0.25, 0.3) is 0 Å². The summed E-state index contributed by atoms with van der Waals surface area (Å²) in [5.41, 5.74) is 5.63. The maximum Gasteiger partial charge on any atom is 0.0465 e. The van der Waals surface area contributed by atoms with E-state index in [0.717, 1.165) is 12.8 Å². The second-order valence-corrected chi connectivity index (χ2v) is 2.96. The highest BCUT2D eigenvalue weighted by Gasteiger charge is 2.19. The first-order valence-electron chi connectivity index (χ1n) is 3.96. The van der Waals surface area contributed by atoms with E-state index in [1.165, 1.54) is 11.1 Å². The molecule has 2 rings (SSSR count). The summed E-state index contributed by atoms with van der Waals surface area (Å²) in [5, 5.41) is 0. The Labute approximate surface area is 66.4 Å². The van der Waals surface area contributed by atoms with Crippen molar-refractivity contribution in [3.63, 3.8) is 0 Å². The van der Waals surface area contributed by atoms with Crippen molar-refractivity contribution in [2.45, 2.75) is 18.9 Å². The quantitative estimate of drug-likeness (QED) is 0.463. The van der Waals surface area contributed by atoms with Crippen LogP contribution in [0.3, 0.4) is 0 Å². The highest BCUT2D eigenvalue weighted by Crippen LogP contribution is 2.29. The van der Waals surface area contributed by atoms with Crippen LogP contribution in [0.25, 0.3) is 0 Å². The third-order valence-corrected chi connectivity index (χ3v) is 2.33. The molecule has 1 aromatic rings. The highest BCUT2D eigenvalue weighted by molar-refractivity contribution is 5.33. The van der Waals surface area contributed by atoms with Gasteiger partial charge in [-0.3, -0.25) is 11.3 Å². The van der Waals surface area contributed by atoms with Crippen LogP contribution in [0.15, 0.2) is 24.3 Å². The van der Waals surface area contributed by atoms with Crippen molar-refractivity contribution in [1.29, 1.82) is 0 Å². The fourth-order valence-electron chi connectivity index (χ4n) is 1.73. The van der Waals surface area contributed by atoms with Gasteiger partial charge in [0.05, 0.1) is 0 Å². The number of hydrazine groups is 1. The van der Waals surface area contributed by atoms with Gasteiger partial charge in [-0.05, 0) is 24.0 Å². The standard InChI is InChI=1S/C9H12N2/c10-11-9-6-5-7-3-1-2-4-8(7)9/h1-4,9,11H,5-6,10H2/t9-/m0/s1. The fraction of sp³-hybridized carbons (Fsp3) is 0.333. The fourth-order valence-corrected chi connectivity index (χ4v) is 1.73. The Balaban J connectivity index is 2.39. The summed E-state index contributed by atoms with van der Waals surface area (Å²) in [4.78, 5) is 0. The Morgan fingerprint density at radius 1 is 1.36 bits per heavy atom. The lowest BCUT2D eigenvalue weighted by Crippen LogP contribution is -2.26. The average molecular weight is 148 g/mol. The summed E-state index contributed by atoms with van der Waals surface area (Å²) in [7, 11) is 0. The number of hydrogen-bond donors (Lipinski definition) is 2. The van der Waals surface area contributed by atoms with Crippen LogP contribution in [-0.2, 0) is 6.42 Å². The van der Waals surface area contributed by atoms with E-state index in [2.05, 4.69) is 29.7 Å². The molecule has 0 unspecified atom stereocenters. The molecule has 1 atom stereocenters. The molecule has 11 heavy (non-hydrogen) atoms. The van der Waals surface area contributed by atoms with Gasteiger partial charge in [0.2, 0.25) is 0 Å². The number of nitrogens with one attached hydrogen (secondary N) is 1. The van der Waals surface area contributed by atoms with Crippen LogP contribution >= 0.6 is 0 Å². The van der Waals surface area contributed by atoms with Crippen molar-refractivity contribution in [1.82, 2.24) is 5.43 Å². The lowest BCUT2D eigenvalue weighted by Gasteiger charge is -2.08. The van der Waals surface area contributed by atoms with Crippen molar-refractivity contribution in [3.8, 4) is 0 Å². The molecule has 3 N–H and O–H groups in total. The molecule has 0 spiro atoms. The third-order valence-electron chi connectivity index (χ3n) is 2.33. The zero-order valence-corrected chi connectivity index (χ0v) is 6.38. The molecule has 0 amide bonds. The average Bonchev–Trinajstić information content (AvgIpc) is 2.47. The Morgan fingerprint density at radius 3 is 3.00 bits per heavy atom. The lowest BCUT2D eigenvalue weighted by molar-refractivity contribution is 0.551. The predicted octanol–water partition coefficient (Wildman–Crippen LogP) is 1.14. The van der Waals surface area contributed by atoms with Gasteiger partial charge in [-0.1, -0.05) is 24.3 Å². The van der Waals surface area contributed by atoms with Gasteiger partial charge in [0.15, 0.2) is 0 Å². The summed E-state index contributed by atoms with van der Waals surface area (Å²) < 4.78 is 0. The van der Waals surface area contributed by atoms with Crippen LogP contribution in [0.1, 0.15) is 23.6 Å². The van der Waals surface area contributed by atoms with Gasteiger partial charge in [-0.25, -0.2) is 0 Å². The number of rotatable bonds is 1. The van der Waals surface area contributed by atoms with E-state index in [4.69, 9.17) is 5.84 Å². The molecule has 0 heterocycles. The van der Waals surface area contributed by atoms with Crippen LogP contribution < -0.4 is 11.3 Å². The summed E-state index contributed by atoms with van der Waals surface area (Å²) in [6.45, 7) is 0. The molecule has 1 aliphatic rings. The molecular formula is C9H12N2. The van der Waals surface area contributed by atoms with Crippen molar-refractivity contribution >= 4 is 0 Å². The van der Waals surface area contributed by atoms with Gasteiger partial charge >= 0.3 is 0 Å². The van der Waals surface area contributed by atoms with E-state index in [1.54, 1.807) is 0 Å². The maximum absolute atomic E-state index is 5.40. The van der Waals surface area contributed by atoms with Crippen LogP contribution in [-0.4, -0.2) is 0 Å². The van der Waals surface area contributed by atoms with Crippen LogP contribution in [0, 0.1) is 0 Å². The Kier molecular flexibility index (Phi) is 1.64. The van der Waals surface area contributed by atoms with Gasteiger partial charge in [0, 0.05) is 6.04 Å². The van der Waals surface area contributed by atoms with Crippen LogP contribution in [0.4, 0.5) is 0 Å². The summed E-state index contributed by atoms with van der Waals surface area (Å²) in [6, 6.07) is 8.84. The Bertz CT molecular complexity index is 257. The first kappa shape index (κ1) is 6.83. The number of nitrogens with two attached hydrogens (primary N) is 1. The molecule has 2 heteroatoms. The smallest absolute Gasteiger partial charge is 0.0465 e. The molecule has 0 fully saturated rings. The van der Waals surface area contributed by atoms with Crippen molar-refractivity contribution < 1.29 is 0 Å². The predicted molar refractivity (Wildman–Crippen MR) is 44.8 cm³/mol. The molecule has 0 saturated carbocycles. The first-order chi connectivity index (χ1) is 5.42. The Morgan fingerprint density at radius 2 is 2.18 bits per heavy atom. The normalized spacial score (nSPS) is 21.7. The molecule has 0 radical (unpaired) electrons. The molecule has 58 valence electrons. The number of fused-ring (bicyclic) bond motifs is 1. The van der Waals surface area contributed by atoms with E-state index in [1.807, 2.05) is 0 Å². The minimum absolute atomic E-state index is 0.381. The Hall–Kier alpha value is -0.860. The minimum atomic E-state index is 0.381. The zero-order chi connectivity index (χ0) is 7.68. The largest absolute Gasteiger partial charge is 0.271 e. The zero-order valence-electron chi connectivity index (χ0n) is 6.38. The minimum Gasteiger partial charge on any atom is -0.271 e. The second-order valence-electron chi connectivity index (χ2n) is 2.96. The van der Waals surface area contributed by atoms with E-state index >= 15 is 0 Å². The van der Waals surface area contributed by atoms with Crippen molar-refractivity contribution in [2.24, 2.45) is 5.84 Å². The number of benzene rings is 1.